The topological polar surface area (TPSA) is 72.4 Å². The van der Waals surface area contributed by atoms with Gasteiger partial charge in [-0.2, -0.15) is 0 Å². The van der Waals surface area contributed by atoms with Crippen molar-refractivity contribution in [2.45, 2.75) is 6.04 Å². The number of amides is 1. The molecule has 80 valence electrons. The summed E-state index contributed by atoms with van der Waals surface area (Å²) >= 11 is 6.04. The molecule has 1 aromatic carbocycles. The van der Waals surface area contributed by atoms with Crippen LogP contribution >= 0.6 is 11.6 Å². The van der Waals surface area contributed by atoms with Gasteiger partial charge in [0.2, 0.25) is 5.91 Å². The molecule has 0 saturated carbocycles. The Bertz CT molecular complexity index is 402. The maximum absolute atomic E-state index is 10.9. The lowest BCUT2D eigenvalue weighted by atomic mass is 10.1. The lowest BCUT2D eigenvalue weighted by molar-refractivity contribution is 0.100. The third kappa shape index (κ3) is 1.91. The van der Waals surface area contributed by atoms with Crippen molar-refractivity contribution >= 4 is 23.2 Å². The highest BCUT2D eigenvalue weighted by atomic mass is 35.5. The smallest absolute Gasteiger partial charge is 0.248 e. The van der Waals surface area contributed by atoms with Gasteiger partial charge < -0.3 is 16.4 Å². The van der Waals surface area contributed by atoms with Crippen molar-refractivity contribution in [3.05, 3.63) is 28.8 Å². The normalized spacial score (nSPS) is 16.3. The van der Waals surface area contributed by atoms with E-state index in [-0.39, 0.29) is 6.04 Å². The summed E-state index contributed by atoms with van der Waals surface area (Å²) < 4.78 is 0. The van der Waals surface area contributed by atoms with E-state index >= 15 is 0 Å². The molecule has 1 aromatic rings. The molecule has 0 bridgehead atoms. The van der Waals surface area contributed by atoms with Crippen molar-refractivity contribution in [2.75, 3.05) is 18.0 Å². The van der Waals surface area contributed by atoms with Crippen LogP contribution in [0.25, 0.3) is 0 Å². The molecule has 0 radical (unpaired) electrons. The summed E-state index contributed by atoms with van der Waals surface area (Å²) in [5.74, 6) is -0.469. The molecule has 1 aliphatic heterocycles. The van der Waals surface area contributed by atoms with Crippen LogP contribution in [0, 0.1) is 0 Å². The second-order valence-electron chi connectivity index (χ2n) is 3.70. The van der Waals surface area contributed by atoms with Gasteiger partial charge >= 0.3 is 0 Å². The first-order valence-corrected chi connectivity index (χ1v) is 5.05. The van der Waals surface area contributed by atoms with E-state index in [1.807, 2.05) is 0 Å². The number of carbonyl (C=O) groups excluding carboxylic acids is 1. The molecule has 15 heavy (non-hydrogen) atoms. The number of anilines is 1. The first-order chi connectivity index (χ1) is 7.08. The molecular weight excluding hydrogens is 214 g/mol. The highest BCUT2D eigenvalue weighted by Crippen LogP contribution is 2.29. The van der Waals surface area contributed by atoms with Crippen LogP contribution in [0.5, 0.6) is 0 Å². The average molecular weight is 226 g/mol. The van der Waals surface area contributed by atoms with Gasteiger partial charge in [0.1, 0.15) is 0 Å². The molecule has 4 N–H and O–H groups in total. The van der Waals surface area contributed by atoms with Crippen LogP contribution < -0.4 is 16.4 Å². The van der Waals surface area contributed by atoms with E-state index in [4.69, 9.17) is 23.1 Å². The second kappa shape index (κ2) is 3.72. The Morgan fingerprint density at radius 2 is 2.13 bits per heavy atom. The van der Waals surface area contributed by atoms with Crippen LogP contribution in [0.2, 0.25) is 5.02 Å². The molecule has 1 saturated heterocycles. The van der Waals surface area contributed by atoms with E-state index in [0.29, 0.717) is 10.6 Å². The van der Waals surface area contributed by atoms with Crippen LogP contribution in [0.3, 0.4) is 0 Å². The first-order valence-electron chi connectivity index (χ1n) is 4.68. The lowest BCUT2D eigenvalue weighted by Gasteiger charge is -2.39. The predicted octanol–water partition coefficient (Wildman–Crippen LogP) is 0.586. The minimum Gasteiger partial charge on any atom is -0.367 e. The van der Waals surface area contributed by atoms with Crippen molar-refractivity contribution in [3.63, 3.8) is 0 Å². The fourth-order valence-corrected chi connectivity index (χ4v) is 1.93. The van der Waals surface area contributed by atoms with Crippen molar-refractivity contribution < 1.29 is 4.79 Å². The molecule has 2 rings (SSSR count). The Hall–Kier alpha value is -1.26. The Morgan fingerprint density at radius 3 is 2.60 bits per heavy atom. The number of carbonyl (C=O) groups is 1. The minimum absolute atomic E-state index is 0.219. The van der Waals surface area contributed by atoms with Crippen LogP contribution in [-0.4, -0.2) is 25.0 Å². The Balaban J connectivity index is 2.23. The number of benzene rings is 1. The SMILES string of the molecule is NC(=O)c1ccc(N2CC(N)C2)c(Cl)c1. The summed E-state index contributed by atoms with van der Waals surface area (Å²) in [4.78, 5) is 13.0. The molecule has 1 heterocycles. The molecule has 0 unspecified atom stereocenters. The van der Waals surface area contributed by atoms with Crippen molar-refractivity contribution in [2.24, 2.45) is 11.5 Å². The number of rotatable bonds is 2. The molecule has 1 aliphatic rings. The third-order valence-corrected chi connectivity index (χ3v) is 2.79. The molecule has 0 aliphatic carbocycles. The predicted molar refractivity (Wildman–Crippen MR) is 60.2 cm³/mol. The van der Waals surface area contributed by atoms with Gasteiger partial charge in [-0.15, -0.1) is 0 Å². The number of hydrogen-bond donors (Lipinski definition) is 2. The maximum atomic E-state index is 10.9. The van der Waals surface area contributed by atoms with E-state index in [9.17, 15) is 4.79 Å². The fourth-order valence-electron chi connectivity index (χ4n) is 1.63. The lowest BCUT2D eigenvalue weighted by Crippen LogP contribution is -2.56. The second-order valence-corrected chi connectivity index (χ2v) is 4.10. The summed E-state index contributed by atoms with van der Waals surface area (Å²) in [7, 11) is 0. The Kier molecular flexibility index (Phi) is 2.54. The summed E-state index contributed by atoms with van der Waals surface area (Å²) in [6.07, 6.45) is 0. The number of nitrogens with two attached hydrogens (primary N) is 2. The van der Waals surface area contributed by atoms with Gasteiger partial charge in [-0.3, -0.25) is 4.79 Å². The van der Waals surface area contributed by atoms with Crippen LogP contribution in [0.4, 0.5) is 5.69 Å². The third-order valence-electron chi connectivity index (χ3n) is 2.48. The molecule has 5 heteroatoms. The van der Waals surface area contributed by atoms with Gasteiger partial charge in [-0.05, 0) is 18.2 Å². The fraction of sp³-hybridized carbons (Fsp3) is 0.300. The maximum Gasteiger partial charge on any atom is 0.248 e. The number of halogens is 1. The van der Waals surface area contributed by atoms with Crippen molar-refractivity contribution in [1.82, 2.24) is 0 Å². The first kappa shape index (κ1) is 10.3. The van der Waals surface area contributed by atoms with Gasteiger partial charge in [0.25, 0.3) is 0 Å². The molecule has 1 amide bonds. The standard InChI is InChI=1S/C10H12ClN3O/c11-8-3-6(10(13)15)1-2-9(8)14-4-7(12)5-14/h1-3,7H,4-5,12H2,(H2,13,15). The zero-order valence-electron chi connectivity index (χ0n) is 8.11. The monoisotopic (exact) mass is 225 g/mol. The summed E-state index contributed by atoms with van der Waals surface area (Å²) in [6, 6.07) is 5.28. The van der Waals surface area contributed by atoms with Gasteiger partial charge in [-0.25, -0.2) is 0 Å². The van der Waals surface area contributed by atoms with Gasteiger partial charge in [0.15, 0.2) is 0 Å². The molecule has 0 atom stereocenters. The van der Waals surface area contributed by atoms with Crippen molar-refractivity contribution in [3.8, 4) is 0 Å². The number of primary amides is 1. The number of hydrogen-bond acceptors (Lipinski definition) is 3. The van der Waals surface area contributed by atoms with E-state index < -0.39 is 5.91 Å². The zero-order valence-corrected chi connectivity index (χ0v) is 8.87. The van der Waals surface area contributed by atoms with Gasteiger partial charge in [-0.1, -0.05) is 11.6 Å². The summed E-state index contributed by atoms with van der Waals surface area (Å²) in [6.45, 7) is 1.60. The Morgan fingerprint density at radius 1 is 1.47 bits per heavy atom. The van der Waals surface area contributed by atoms with Gasteiger partial charge in [0.05, 0.1) is 10.7 Å². The zero-order chi connectivity index (χ0) is 11.0. The van der Waals surface area contributed by atoms with E-state index in [1.54, 1.807) is 18.2 Å². The molecule has 0 aromatic heterocycles. The molecule has 1 fully saturated rings. The highest BCUT2D eigenvalue weighted by molar-refractivity contribution is 6.33. The largest absolute Gasteiger partial charge is 0.367 e. The van der Waals surface area contributed by atoms with Crippen LogP contribution in [0.1, 0.15) is 10.4 Å². The molecular formula is C10H12ClN3O. The van der Waals surface area contributed by atoms with Crippen LogP contribution in [0.15, 0.2) is 18.2 Å². The Labute approximate surface area is 92.8 Å². The van der Waals surface area contributed by atoms with Gasteiger partial charge in [0, 0.05) is 24.7 Å². The number of nitrogens with zero attached hydrogens (tertiary/aromatic N) is 1. The minimum atomic E-state index is -0.469. The molecule has 4 nitrogen and oxygen atoms in total. The average Bonchev–Trinajstić information content (AvgIpc) is 2.13. The summed E-state index contributed by atoms with van der Waals surface area (Å²) in [5.41, 5.74) is 12.2. The summed E-state index contributed by atoms with van der Waals surface area (Å²) in [5, 5.41) is 0.540. The van der Waals surface area contributed by atoms with E-state index in [2.05, 4.69) is 4.90 Å². The van der Waals surface area contributed by atoms with E-state index in [1.165, 1.54) is 0 Å². The quantitative estimate of drug-likeness (QED) is 0.774. The highest BCUT2D eigenvalue weighted by Gasteiger charge is 2.24. The van der Waals surface area contributed by atoms with Crippen LogP contribution in [-0.2, 0) is 0 Å². The molecule has 0 spiro atoms. The van der Waals surface area contributed by atoms with E-state index in [0.717, 1.165) is 18.8 Å². The van der Waals surface area contributed by atoms with Crippen molar-refractivity contribution in [1.29, 1.82) is 0 Å².